The summed E-state index contributed by atoms with van der Waals surface area (Å²) in [5, 5.41) is 7.78. The van der Waals surface area contributed by atoms with Crippen LogP contribution in [0.5, 0.6) is 0 Å². The fourth-order valence-corrected chi connectivity index (χ4v) is 3.96. The van der Waals surface area contributed by atoms with Crippen molar-refractivity contribution in [2.75, 3.05) is 49.5 Å². The molecular formula is C21H28N4O2S. The van der Waals surface area contributed by atoms with Crippen molar-refractivity contribution in [3.63, 3.8) is 0 Å². The largest absolute Gasteiger partial charge is 0.367 e. The quantitative estimate of drug-likeness (QED) is 0.669. The Morgan fingerprint density at radius 3 is 2.57 bits per heavy atom. The summed E-state index contributed by atoms with van der Waals surface area (Å²) in [5.41, 5.74) is 1.94. The second kappa shape index (κ2) is 10.2. The van der Waals surface area contributed by atoms with Crippen LogP contribution < -0.4 is 15.5 Å². The molecule has 1 aliphatic heterocycles. The molecule has 1 aromatic heterocycles. The van der Waals surface area contributed by atoms with Gasteiger partial charge in [-0.05, 0) is 36.5 Å². The van der Waals surface area contributed by atoms with Gasteiger partial charge in [-0.2, -0.15) is 0 Å². The van der Waals surface area contributed by atoms with Crippen LogP contribution in [-0.4, -0.2) is 56.0 Å². The van der Waals surface area contributed by atoms with Gasteiger partial charge in [-0.25, -0.2) is 0 Å². The second-order valence-electron chi connectivity index (χ2n) is 6.82. The number of rotatable bonds is 8. The lowest BCUT2D eigenvalue weighted by Gasteiger charge is -2.36. The third-order valence-electron chi connectivity index (χ3n) is 4.95. The molecule has 2 heterocycles. The van der Waals surface area contributed by atoms with Crippen LogP contribution in [0, 0.1) is 0 Å². The molecule has 1 aliphatic rings. The standard InChI is InChI=1S/C21H28N4O2S/c1-2-24-12-14-25(15-13-24)18-8-4-3-7-17(18)23-20(26)10-5-11-22-21(27)19-9-6-16-28-19/h3-4,6-9,16H,2,5,10-15H2,1H3,(H,22,27)(H,23,26). The van der Waals surface area contributed by atoms with Crippen molar-refractivity contribution in [3.8, 4) is 0 Å². The zero-order chi connectivity index (χ0) is 19.8. The molecule has 3 rings (SSSR count). The van der Waals surface area contributed by atoms with Gasteiger partial charge in [0.1, 0.15) is 0 Å². The molecule has 28 heavy (non-hydrogen) atoms. The highest BCUT2D eigenvalue weighted by Crippen LogP contribution is 2.26. The Morgan fingerprint density at radius 1 is 1.07 bits per heavy atom. The van der Waals surface area contributed by atoms with Gasteiger partial charge in [-0.3, -0.25) is 9.59 Å². The van der Waals surface area contributed by atoms with E-state index in [1.54, 1.807) is 6.07 Å². The lowest BCUT2D eigenvalue weighted by Crippen LogP contribution is -2.46. The van der Waals surface area contributed by atoms with Gasteiger partial charge >= 0.3 is 0 Å². The van der Waals surface area contributed by atoms with E-state index in [9.17, 15) is 9.59 Å². The van der Waals surface area contributed by atoms with Crippen LogP contribution in [0.15, 0.2) is 41.8 Å². The van der Waals surface area contributed by atoms with Gasteiger partial charge < -0.3 is 20.4 Å². The van der Waals surface area contributed by atoms with Gasteiger partial charge in [0.25, 0.3) is 5.91 Å². The van der Waals surface area contributed by atoms with Crippen molar-refractivity contribution in [3.05, 3.63) is 46.7 Å². The second-order valence-corrected chi connectivity index (χ2v) is 7.77. The SMILES string of the molecule is CCN1CCN(c2ccccc2NC(=O)CCCNC(=O)c2cccs2)CC1. The third kappa shape index (κ3) is 5.56. The van der Waals surface area contributed by atoms with Crippen LogP contribution in [0.4, 0.5) is 11.4 Å². The van der Waals surface area contributed by atoms with E-state index in [1.165, 1.54) is 11.3 Å². The summed E-state index contributed by atoms with van der Waals surface area (Å²) in [6.07, 6.45) is 0.989. The lowest BCUT2D eigenvalue weighted by molar-refractivity contribution is -0.116. The molecule has 1 fully saturated rings. The number of piperazine rings is 1. The smallest absolute Gasteiger partial charge is 0.261 e. The maximum Gasteiger partial charge on any atom is 0.261 e. The number of para-hydroxylation sites is 2. The van der Waals surface area contributed by atoms with Gasteiger partial charge in [0.15, 0.2) is 0 Å². The Bertz CT molecular complexity index is 770. The first-order chi connectivity index (χ1) is 13.7. The van der Waals surface area contributed by atoms with Gasteiger partial charge in [0.2, 0.25) is 5.91 Å². The number of likely N-dealkylation sites (N-methyl/N-ethyl adjacent to an activating group) is 1. The lowest BCUT2D eigenvalue weighted by atomic mass is 10.2. The Morgan fingerprint density at radius 2 is 1.86 bits per heavy atom. The van der Waals surface area contributed by atoms with Crippen molar-refractivity contribution in [1.82, 2.24) is 10.2 Å². The van der Waals surface area contributed by atoms with Crippen molar-refractivity contribution < 1.29 is 9.59 Å². The van der Waals surface area contributed by atoms with Crippen molar-refractivity contribution >= 4 is 34.5 Å². The molecule has 2 N–H and O–H groups in total. The molecule has 1 aromatic carbocycles. The fourth-order valence-electron chi connectivity index (χ4n) is 3.32. The molecule has 150 valence electrons. The number of carbonyl (C=O) groups is 2. The number of anilines is 2. The number of benzene rings is 1. The summed E-state index contributed by atoms with van der Waals surface area (Å²) in [5.74, 6) is -0.100. The highest BCUT2D eigenvalue weighted by Gasteiger charge is 2.18. The van der Waals surface area contributed by atoms with Crippen LogP contribution in [0.25, 0.3) is 0 Å². The summed E-state index contributed by atoms with van der Waals surface area (Å²) in [4.78, 5) is 29.7. The number of hydrogen-bond acceptors (Lipinski definition) is 5. The molecule has 0 spiro atoms. The number of carbonyl (C=O) groups excluding carboxylic acids is 2. The third-order valence-corrected chi connectivity index (χ3v) is 5.82. The first-order valence-corrected chi connectivity index (χ1v) is 10.7. The molecule has 0 radical (unpaired) electrons. The average molecular weight is 401 g/mol. The highest BCUT2D eigenvalue weighted by molar-refractivity contribution is 7.12. The molecule has 6 nitrogen and oxygen atoms in total. The monoisotopic (exact) mass is 400 g/mol. The van der Waals surface area contributed by atoms with E-state index in [0.29, 0.717) is 24.3 Å². The predicted molar refractivity (Wildman–Crippen MR) is 115 cm³/mol. The molecule has 0 saturated carbocycles. The molecule has 2 aromatic rings. The van der Waals surface area contributed by atoms with E-state index in [2.05, 4.69) is 33.4 Å². The maximum atomic E-state index is 12.4. The van der Waals surface area contributed by atoms with E-state index in [-0.39, 0.29) is 11.8 Å². The molecule has 0 atom stereocenters. The Hall–Kier alpha value is -2.38. The first-order valence-electron chi connectivity index (χ1n) is 9.85. The van der Waals surface area contributed by atoms with E-state index in [1.807, 2.05) is 29.6 Å². The van der Waals surface area contributed by atoms with Gasteiger partial charge in [0, 0.05) is 39.1 Å². The molecule has 0 aliphatic carbocycles. The van der Waals surface area contributed by atoms with Crippen LogP contribution in [0.3, 0.4) is 0 Å². The Kier molecular flexibility index (Phi) is 7.45. The van der Waals surface area contributed by atoms with Crippen molar-refractivity contribution in [1.29, 1.82) is 0 Å². The van der Waals surface area contributed by atoms with E-state index in [4.69, 9.17) is 0 Å². The molecule has 0 unspecified atom stereocenters. The molecule has 2 amide bonds. The number of amides is 2. The highest BCUT2D eigenvalue weighted by atomic mass is 32.1. The number of nitrogens with zero attached hydrogens (tertiary/aromatic N) is 2. The zero-order valence-electron chi connectivity index (χ0n) is 16.3. The summed E-state index contributed by atoms with van der Waals surface area (Å²) >= 11 is 1.41. The van der Waals surface area contributed by atoms with Crippen LogP contribution >= 0.6 is 11.3 Å². The van der Waals surface area contributed by atoms with E-state index >= 15 is 0 Å². The van der Waals surface area contributed by atoms with Crippen LogP contribution in [-0.2, 0) is 4.79 Å². The zero-order valence-corrected chi connectivity index (χ0v) is 17.1. The van der Waals surface area contributed by atoms with Gasteiger partial charge in [-0.15, -0.1) is 11.3 Å². The molecule has 7 heteroatoms. The summed E-state index contributed by atoms with van der Waals surface area (Å²) < 4.78 is 0. The summed E-state index contributed by atoms with van der Waals surface area (Å²) in [7, 11) is 0. The first kappa shape index (κ1) is 20.4. The number of thiophene rings is 1. The normalized spacial score (nSPS) is 14.7. The van der Waals surface area contributed by atoms with E-state index in [0.717, 1.165) is 44.1 Å². The summed E-state index contributed by atoms with van der Waals surface area (Å²) in [6.45, 7) is 7.78. The molecule has 1 saturated heterocycles. The average Bonchev–Trinajstić information content (AvgIpc) is 3.27. The minimum atomic E-state index is -0.0769. The van der Waals surface area contributed by atoms with Crippen molar-refractivity contribution in [2.24, 2.45) is 0 Å². The number of nitrogens with one attached hydrogen (secondary N) is 2. The predicted octanol–water partition coefficient (Wildman–Crippen LogP) is 3.04. The van der Waals surface area contributed by atoms with Crippen LogP contribution in [0.1, 0.15) is 29.4 Å². The van der Waals surface area contributed by atoms with Gasteiger partial charge in [-0.1, -0.05) is 25.1 Å². The molecular weight excluding hydrogens is 372 g/mol. The minimum absolute atomic E-state index is 0.0231. The fraction of sp³-hybridized carbons (Fsp3) is 0.429. The topological polar surface area (TPSA) is 64.7 Å². The molecule has 0 bridgehead atoms. The van der Waals surface area contributed by atoms with Gasteiger partial charge in [0.05, 0.1) is 16.3 Å². The maximum absolute atomic E-state index is 12.4. The summed E-state index contributed by atoms with van der Waals surface area (Å²) in [6, 6.07) is 11.6. The minimum Gasteiger partial charge on any atom is -0.367 e. The number of hydrogen-bond donors (Lipinski definition) is 2. The van der Waals surface area contributed by atoms with E-state index < -0.39 is 0 Å². The Balaban J connectivity index is 1.46. The van der Waals surface area contributed by atoms with Crippen molar-refractivity contribution in [2.45, 2.75) is 19.8 Å². The van der Waals surface area contributed by atoms with Crippen LogP contribution in [0.2, 0.25) is 0 Å². The Labute approximate surface area is 170 Å².